The average molecular weight is 879 g/mol. The molecule has 0 atom stereocenters. The first-order valence-electron chi connectivity index (χ1n) is 16.8. The minimum atomic E-state index is -1.11. The third kappa shape index (κ3) is 59.6. The summed E-state index contributed by atoms with van der Waals surface area (Å²) in [6, 6.07) is 0. The lowest BCUT2D eigenvalue weighted by molar-refractivity contribution is -0.133. The minimum absolute atomic E-state index is 0.156. The van der Waals surface area contributed by atoms with Crippen molar-refractivity contribution in [1.29, 1.82) is 0 Å². The maximum absolute atomic E-state index is 9.60. The van der Waals surface area contributed by atoms with Crippen LogP contribution in [0.5, 0.6) is 0 Å². The summed E-state index contributed by atoms with van der Waals surface area (Å²) >= 11 is 0. The first kappa shape index (κ1) is 75.7. The Balaban J connectivity index is -0.0000000704. The third-order valence-electron chi connectivity index (χ3n) is 6.47. The van der Waals surface area contributed by atoms with E-state index in [0.717, 1.165) is 18.2 Å². The third-order valence-corrected chi connectivity index (χ3v) is 6.47. The first-order chi connectivity index (χ1) is 27.5. The SMILES string of the molecule is C=C(C)C(=O)O.C=C(C)C(=O)O.C=C(C)C(=O)O.C=CC(=O)O.C=CC(=O)O.C=CC(=O)O.CCC(CO)(CO)CO.CCC(CO)(CO)CO.OCC(CO)(CO)CO. The molecular formula is C38H70O22. The van der Waals surface area contributed by atoms with Gasteiger partial charge in [0.05, 0.1) is 71.5 Å². The Bertz CT molecular complexity index is 977. The van der Waals surface area contributed by atoms with Crippen LogP contribution in [0, 0.1) is 16.2 Å². The van der Waals surface area contributed by atoms with Gasteiger partial charge in [0.1, 0.15) is 0 Å². The van der Waals surface area contributed by atoms with Crippen LogP contribution in [0.15, 0.2) is 74.4 Å². The Morgan fingerprint density at radius 1 is 0.367 bits per heavy atom. The van der Waals surface area contributed by atoms with Gasteiger partial charge in [-0.2, -0.15) is 0 Å². The number of aliphatic hydroxyl groups is 10. The zero-order valence-corrected chi connectivity index (χ0v) is 35.1. The van der Waals surface area contributed by atoms with Gasteiger partial charge in [0.25, 0.3) is 0 Å². The van der Waals surface area contributed by atoms with E-state index in [1.54, 1.807) is 0 Å². The van der Waals surface area contributed by atoms with Crippen molar-refractivity contribution < 1.29 is 110 Å². The summed E-state index contributed by atoms with van der Waals surface area (Å²) in [5.41, 5.74) is -1.92. The van der Waals surface area contributed by atoms with E-state index in [9.17, 15) is 28.8 Å². The topological polar surface area (TPSA) is 426 Å². The molecule has 0 spiro atoms. The summed E-state index contributed by atoms with van der Waals surface area (Å²) in [7, 11) is 0. The van der Waals surface area contributed by atoms with Crippen LogP contribution >= 0.6 is 0 Å². The molecule has 0 aromatic carbocycles. The van der Waals surface area contributed by atoms with Gasteiger partial charge in [0.15, 0.2) is 0 Å². The highest BCUT2D eigenvalue weighted by molar-refractivity contribution is 5.85. The van der Waals surface area contributed by atoms with Crippen molar-refractivity contribution in [3.63, 3.8) is 0 Å². The van der Waals surface area contributed by atoms with Crippen LogP contribution in [0.4, 0.5) is 0 Å². The molecule has 22 nitrogen and oxygen atoms in total. The highest BCUT2D eigenvalue weighted by Gasteiger charge is 2.27. The predicted octanol–water partition coefficient (Wildman–Crippen LogP) is -0.626. The fourth-order valence-electron chi connectivity index (χ4n) is 1.27. The Morgan fingerprint density at radius 3 is 0.467 bits per heavy atom. The van der Waals surface area contributed by atoms with Gasteiger partial charge in [0, 0.05) is 45.8 Å². The quantitative estimate of drug-likeness (QED) is 0.0762. The molecule has 0 heterocycles. The van der Waals surface area contributed by atoms with Crippen LogP contribution in [-0.4, -0.2) is 184 Å². The lowest BCUT2D eigenvalue weighted by Crippen LogP contribution is -2.37. The number of aliphatic carboxylic acids is 6. The molecule has 0 amide bonds. The maximum Gasteiger partial charge on any atom is 0.330 e. The Kier molecular flexibility index (Phi) is 63.1. The summed E-state index contributed by atoms with van der Waals surface area (Å²) in [6.07, 6.45) is 3.69. The van der Waals surface area contributed by atoms with Crippen molar-refractivity contribution in [3.05, 3.63) is 74.4 Å². The number of aliphatic hydroxyl groups excluding tert-OH is 10. The fraction of sp³-hybridized carbons (Fsp3) is 0.526. The van der Waals surface area contributed by atoms with Gasteiger partial charge in [-0.25, -0.2) is 28.8 Å². The number of carbonyl (C=O) groups is 6. The first-order valence-corrected chi connectivity index (χ1v) is 16.8. The van der Waals surface area contributed by atoms with E-state index in [2.05, 4.69) is 39.5 Å². The zero-order chi connectivity index (χ0) is 50.3. The highest BCUT2D eigenvalue weighted by Crippen LogP contribution is 2.19. The van der Waals surface area contributed by atoms with E-state index >= 15 is 0 Å². The van der Waals surface area contributed by atoms with E-state index in [1.165, 1.54) is 20.8 Å². The average Bonchev–Trinajstić information content (AvgIpc) is 3.22. The van der Waals surface area contributed by atoms with Crippen molar-refractivity contribution in [2.75, 3.05) is 66.1 Å². The monoisotopic (exact) mass is 878 g/mol. The standard InChI is InChI=1S/2C6H14O3.C5H12O4.3C4H6O2.3C3H4O2/c2*1-2-6(3-7,4-8)5-9;6-1-5(2-7,3-8)4-9;3*1-3(2)4(5)6;3*1-2-3(4)5/h2*7-9H,2-5H2,1H3;6-9H,1-4H2;3*1H2,2H3,(H,5,6);3*2H,1H2,(H,4,5). The van der Waals surface area contributed by atoms with E-state index < -0.39 is 78.5 Å². The van der Waals surface area contributed by atoms with Crippen LogP contribution < -0.4 is 0 Å². The minimum Gasteiger partial charge on any atom is -0.478 e. The normalized spacial score (nSPS) is 9.25. The van der Waals surface area contributed by atoms with Crippen LogP contribution in [0.2, 0.25) is 0 Å². The lowest BCUT2D eigenvalue weighted by Gasteiger charge is -2.24. The predicted molar refractivity (Wildman–Crippen MR) is 220 cm³/mol. The van der Waals surface area contributed by atoms with Crippen LogP contribution in [0.1, 0.15) is 47.5 Å². The van der Waals surface area contributed by atoms with Crippen LogP contribution in [0.3, 0.4) is 0 Å². The second kappa shape index (κ2) is 50.0. The molecule has 0 radical (unpaired) electrons. The van der Waals surface area contributed by atoms with E-state index in [1.807, 2.05) is 13.8 Å². The molecule has 0 fully saturated rings. The molecule has 0 aliphatic carbocycles. The number of rotatable bonds is 18. The molecule has 60 heavy (non-hydrogen) atoms. The molecule has 0 saturated carbocycles. The van der Waals surface area contributed by atoms with Gasteiger partial charge in [0.2, 0.25) is 0 Å². The Hall–Kier alpha value is -5.14. The summed E-state index contributed by atoms with van der Waals surface area (Å²) in [4.78, 5) is 56.5. The summed E-state index contributed by atoms with van der Waals surface area (Å²) in [6.45, 7) is 23.8. The number of carboxylic acid groups (broad SMARTS) is 6. The van der Waals surface area contributed by atoms with Crippen molar-refractivity contribution in [1.82, 2.24) is 0 Å². The molecule has 22 heteroatoms. The molecule has 0 aromatic rings. The second-order valence-electron chi connectivity index (χ2n) is 11.7. The van der Waals surface area contributed by atoms with Gasteiger partial charge in [-0.05, 0) is 33.6 Å². The molecule has 354 valence electrons. The molecule has 16 N–H and O–H groups in total. The fourth-order valence-corrected chi connectivity index (χ4v) is 1.27. The maximum atomic E-state index is 9.60. The zero-order valence-electron chi connectivity index (χ0n) is 35.1. The van der Waals surface area contributed by atoms with E-state index in [0.29, 0.717) is 12.8 Å². The van der Waals surface area contributed by atoms with Crippen LogP contribution in [-0.2, 0) is 28.8 Å². The number of carboxylic acids is 6. The molecule has 0 aromatic heterocycles. The van der Waals surface area contributed by atoms with Gasteiger partial charge in [-0.15, -0.1) is 0 Å². The molecule has 0 unspecified atom stereocenters. The highest BCUT2D eigenvalue weighted by atomic mass is 16.4. The molecule has 0 aliphatic rings. The van der Waals surface area contributed by atoms with Crippen molar-refractivity contribution >= 4 is 35.8 Å². The van der Waals surface area contributed by atoms with Gasteiger partial charge < -0.3 is 81.7 Å². The Morgan fingerprint density at radius 2 is 0.467 bits per heavy atom. The largest absolute Gasteiger partial charge is 0.478 e. The summed E-state index contributed by atoms with van der Waals surface area (Å²) in [5, 5.41) is 132. The van der Waals surface area contributed by atoms with Crippen molar-refractivity contribution in [2.24, 2.45) is 16.2 Å². The lowest BCUT2D eigenvalue weighted by atomic mass is 9.88. The molecular weight excluding hydrogens is 808 g/mol. The van der Waals surface area contributed by atoms with E-state index in [-0.39, 0.29) is 56.4 Å². The van der Waals surface area contributed by atoms with Crippen LogP contribution in [0.25, 0.3) is 0 Å². The molecule has 0 bridgehead atoms. The Labute approximate surface area is 350 Å². The molecule has 0 rings (SSSR count). The summed E-state index contributed by atoms with van der Waals surface area (Å²) < 4.78 is 0. The van der Waals surface area contributed by atoms with E-state index in [4.69, 9.17) is 81.7 Å². The number of hydrogen-bond donors (Lipinski definition) is 16. The molecule has 0 aliphatic heterocycles. The smallest absolute Gasteiger partial charge is 0.330 e. The van der Waals surface area contributed by atoms with Gasteiger partial charge in [-0.1, -0.05) is 53.3 Å². The van der Waals surface area contributed by atoms with Crippen molar-refractivity contribution in [2.45, 2.75) is 47.5 Å². The van der Waals surface area contributed by atoms with Crippen molar-refractivity contribution in [3.8, 4) is 0 Å². The summed E-state index contributed by atoms with van der Waals surface area (Å²) in [5.74, 6) is -5.75. The van der Waals surface area contributed by atoms with Gasteiger partial charge >= 0.3 is 35.8 Å². The number of hydrogen-bond acceptors (Lipinski definition) is 16. The molecule has 0 saturated heterocycles. The van der Waals surface area contributed by atoms with Gasteiger partial charge in [-0.3, -0.25) is 0 Å². The second-order valence-corrected chi connectivity index (χ2v) is 11.7.